The lowest BCUT2D eigenvalue weighted by Crippen LogP contribution is -2.52. The highest BCUT2D eigenvalue weighted by Gasteiger charge is 2.55. The molecule has 0 amide bonds. The van der Waals surface area contributed by atoms with Crippen molar-refractivity contribution in [2.45, 2.75) is 44.6 Å². The minimum absolute atomic E-state index is 0.373. The summed E-state index contributed by atoms with van der Waals surface area (Å²) in [6, 6.07) is 0.769. The average molecular weight is 234 g/mol. The second kappa shape index (κ2) is 3.39. The van der Waals surface area contributed by atoms with Crippen LogP contribution < -0.4 is 5.32 Å². The van der Waals surface area contributed by atoms with Gasteiger partial charge in [0.25, 0.3) is 6.02 Å². The van der Waals surface area contributed by atoms with Gasteiger partial charge in [0.2, 0.25) is 0 Å². The van der Waals surface area contributed by atoms with Gasteiger partial charge in [0, 0.05) is 12.5 Å². The first-order chi connectivity index (χ1) is 8.27. The van der Waals surface area contributed by atoms with Crippen LogP contribution in [0.25, 0.3) is 0 Å². The maximum absolute atomic E-state index is 6.03. The summed E-state index contributed by atoms with van der Waals surface area (Å²) < 4.78 is 6.03. The van der Waals surface area contributed by atoms with Gasteiger partial charge in [-0.25, -0.2) is 4.99 Å². The van der Waals surface area contributed by atoms with E-state index in [4.69, 9.17) is 4.74 Å². The second-order valence-corrected chi connectivity index (χ2v) is 6.78. The third-order valence-electron chi connectivity index (χ3n) is 5.64. The van der Waals surface area contributed by atoms with Crippen LogP contribution in [0.4, 0.5) is 0 Å². The summed E-state index contributed by atoms with van der Waals surface area (Å²) in [4.78, 5) is 4.48. The van der Waals surface area contributed by atoms with Gasteiger partial charge in [0.15, 0.2) is 0 Å². The molecule has 94 valence electrons. The summed E-state index contributed by atoms with van der Waals surface area (Å²) in [6.45, 7) is 0.891. The van der Waals surface area contributed by atoms with Crippen molar-refractivity contribution in [3.63, 3.8) is 0 Å². The summed E-state index contributed by atoms with van der Waals surface area (Å²) in [7, 11) is 1.90. The Morgan fingerprint density at radius 3 is 2.18 bits per heavy atom. The minimum Gasteiger partial charge on any atom is -0.459 e. The van der Waals surface area contributed by atoms with Crippen LogP contribution in [-0.2, 0) is 4.74 Å². The molecule has 0 aromatic rings. The SMILES string of the molecule is CNC1=NCC(C23CC4CC(CC(C4)C2)C3)O1. The molecule has 4 aliphatic carbocycles. The second-order valence-electron chi connectivity index (χ2n) is 6.78. The number of ether oxygens (including phenoxy) is 1. The molecular weight excluding hydrogens is 212 g/mol. The van der Waals surface area contributed by atoms with Crippen LogP contribution >= 0.6 is 0 Å². The first-order valence-corrected chi connectivity index (χ1v) is 7.16. The van der Waals surface area contributed by atoms with E-state index in [1.54, 1.807) is 0 Å². The number of hydrogen-bond acceptors (Lipinski definition) is 3. The number of amidine groups is 1. The lowest BCUT2D eigenvalue weighted by Gasteiger charge is -2.58. The standard InChI is InChI=1S/C14H22N2O/c1-15-13-16-8-12(17-13)14-5-9-2-10(6-14)4-11(3-9)7-14/h9-12H,2-8H2,1H3,(H,15,16). The molecule has 1 aliphatic heterocycles. The molecule has 4 saturated carbocycles. The van der Waals surface area contributed by atoms with Crippen molar-refractivity contribution in [3.8, 4) is 0 Å². The minimum atomic E-state index is 0.373. The maximum Gasteiger partial charge on any atom is 0.284 e. The molecular formula is C14H22N2O. The molecule has 0 radical (unpaired) electrons. The Kier molecular flexibility index (Phi) is 2.04. The lowest BCUT2D eigenvalue weighted by atomic mass is 9.48. The number of aliphatic imine (C=N–C) groups is 1. The number of nitrogens with zero attached hydrogens (tertiary/aromatic N) is 1. The van der Waals surface area contributed by atoms with Gasteiger partial charge in [-0.15, -0.1) is 0 Å². The molecule has 0 spiro atoms. The molecule has 17 heavy (non-hydrogen) atoms. The molecule has 0 aromatic carbocycles. The van der Waals surface area contributed by atoms with E-state index in [9.17, 15) is 0 Å². The third kappa shape index (κ3) is 1.44. The van der Waals surface area contributed by atoms with Crippen molar-refractivity contribution < 1.29 is 4.74 Å². The Balaban J connectivity index is 1.57. The normalized spacial score (nSPS) is 51.2. The highest BCUT2D eigenvalue weighted by molar-refractivity contribution is 5.74. The van der Waals surface area contributed by atoms with Crippen LogP contribution in [0.3, 0.4) is 0 Å². The molecule has 1 atom stereocenters. The predicted octanol–water partition coefficient (Wildman–Crippen LogP) is 2.18. The molecule has 1 unspecified atom stereocenters. The Labute approximate surface area is 103 Å². The van der Waals surface area contributed by atoms with Gasteiger partial charge in [-0.2, -0.15) is 0 Å². The van der Waals surface area contributed by atoms with Gasteiger partial charge in [0.1, 0.15) is 6.10 Å². The van der Waals surface area contributed by atoms with Gasteiger partial charge in [-0.05, 0) is 56.3 Å². The van der Waals surface area contributed by atoms with Crippen molar-refractivity contribution in [1.82, 2.24) is 5.32 Å². The predicted molar refractivity (Wildman–Crippen MR) is 66.8 cm³/mol. The Bertz CT molecular complexity index is 328. The van der Waals surface area contributed by atoms with Crippen molar-refractivity contribution in [3.05, 3.63) is 0 Å². The molecule has 3 heteroatoms. The molecule has 1 heterocycles. The van der Waals surface area contributed by atoms with Gasteiger partial charge in [0.05, 0.1) is 6.54 Å². The van der Waals surface area contributed by atoms with E-state index in [0.29, 0.717) is 11.5 Å². The zero-order valence-corrected chi connectivity index (χ0v) is 10.6. The summed E-state index contributed by atoms with van der Waals surface area (Å²) in [5.74, 6) is 3.01. The average Bonchev–Trinajstić information content (AvgIpc) is 2.76. The Hall–Kier alpha value is -0.730. The van der Waals surface area contributed by atoms with E-state index in [1.165, 1.54) is 38.5 Å². The fourth-order valence-corrected chi connectivity index (χ4v) is 5.40. The van der Waals surface area contributed by atoms with E-state index in [-0.39, 0.29) is 0 Å². The lowest BCUT2D eigenvalue weighted by molar-refractivity contribution is -0.107. The fraction of sp³-hybridized carbons (Fsp3) is 0.929. The Morgan fingerprint density at radius 2 is 1.71 bits per heavy atom. The zero-order chi connectivity index (χ0) is 11.5. The quantitative estimate of drug-likeness (QED) is 0.754. The number of hydrogen-bond donors (Lipinski definition) is 1. The Morgan fingerprint density at radius 1 is 1.12 bits per heavy atom. The van der Waals surface area contributed by atoms with Crippen LogP contribution in [0.5, 0.6) is 0 Å². The molecule has 4 fully saturated rings. The maximum atomic E-state index is 6.03. The summed E-state index contributed by atoms with van der Waals surface area (Å²) in [6.07, 6.45) is 9.13. The summed E-state index contributed by atoms with van der Waals surface area (Å²) in [5, 5.41) is 3.05. The van der Waals surface area contributed by atoms with Crippen molar-refractivity contribution in [2.75, 3.05) is 13.6 Å². The largest absolute Gasteiger partial charge is 0.459 e. The molecule has 3 nitrogen and oxygen atoms in total. The highest BCUT2D eigenvalue weighted by Crippen LogP contribution is 2.62. The van der Waals surface area contributed by atoms with Crippen LogP contribution in [0.15, 0.2) is 4.99 Å². The smallest absolute Gasteiger partial charge is 0.284 e. The third-order valence-corrected chi connectivity index (χ3v) is 5.64. The fourth-order valence-electron chi connectivity index (χ4n) is 5.40. The van der Waals surface area contributed by atoms with Crippen LogP contribution in [-0.4, -0.2) is 25.7 Å². The van der Waals surface area contributed by atoms with Gasteiger partial charge >= 0.3 is 0 Å². The van der Waals surface area contributed by atoms with E-state index in [2.05, 4.69) is 10.3 Å². The van der Waals surface area contributed by atoms with Crippen LogP contribution in [0.2, 0.25) is 0 Å². The zero-order valence-electron chi connectivity index (χ0n) is 10.6. The monoisotopic (exact) mass is 234 g/mol. The van der Waals surface area contributed by atoms with Crippen LogP contribution in [0, 0.1) is 23.2 Å². The number of nitrogens with one attached hydrogen (secondary N) is 1. The molecule has 0 saturated heterocycles. The van der Waals surface area contributed by atoms with Crippen molar-refractivity contribution >= 4 is 6.02 Å². The van der Waals surface area contributed by atoms with Crippen molar-refractivity contribution in [1.29, 1.82) is 0 Å². The van der Waals surface area contributed by atoms with E-state index in [1.807, 2.05) is 7.05 Å². The van der Waals surface area contributed by atoms with Crippen LogP contribution in [0.1, 0.15) is 38.5 Å². The molecule has 1 N–H and O–H groups in total. The summed E-state index contributed by atoms with van der Waals surface area (Å²) >= 11 is 0. The first-order valence-electron chi connectivity index (χ1n) is 7.16. The molecule has 5 rings (SSSR count). The highest BCUT2D eigenvalue weighted by atomic mass is 16.5. The molecule has 4 bridgehead atoms. The molecule has 0 aromatic heterocycles. The van der Waals surface area contributed by atoms with E-state index >= 15 is 0 Å². The van der Waals surface area contributed by atoms with Gasteiger partial charge < -0.3 is 10.1 Å². The van der Waals surface area contributed by atoms with Gasteiger partial charge in [-0.3, -0.25) is 0 Å². The number of rotatable bonds is 1. The topological polar surface area (TPSA) is 33.6 Å². The summed E-state index contributed by atoms with van der Waals surface area (Å²) in [5.41, 5.74) is 0.483. The van der Waals surface area contributed by atoms with Gasteiger partial charge in [-0.1, -0.05) is 0 Å². The van der Waals surface area contributed by atoms with E-state index in [0.717, 1.165) is 30.3 Å². The van der Waals surface area contributed by atoms with E-state index < -0.39 is 0 Å². The first kappa shape index (κ1) is 10.2. The molecule has 5 aliphatic rings. The van der Waals surface area contributed by atoms with Crippen molar-refractivity contribution in [2.24, 2.45) is 28.2 Å².